The molecule has 1 saturated heterocycles. The summed E-state index contributed by atoms with van der Waals surface area (Å²) in [5.74, 6) is -3.13. The Morgan fingerprint density at radius 1 is 1.57 bits per heavy atom. The summed E-state index contributed by atoms with van der Waals surface area (Å²) in [6.45, 7) is -0.423. The van der Waals surface area contributed by atoms with Crippen molar-refractivity contribution < 1.29 is 13.6 Å². The number of amides is 1. The van der Waals surface area contributed by atoms with Crippen LogP contribution >= 0.6 is 12.4 Å². The van der Waals surface area contributed by atoms with Crippen molar-refractivity contribution in [2.45, 2.75) is 43.7 Å². The number of carbonyl (C=O) groups excluding carboxylic acids is 1. The molecule has 1 aromatic heterocycles. The van der Waals surface area contributed by atoms with Gasteiger partial charge in [-0.2, -0.15) is 5.10 Å². The summed E-state index contributed by atoms with van der Waals surface area (Å²) < 4.78 is 28.1. The second kappa shape index (κ2) is 5.88. The van der Waals surface area contributed by atoms with E-state index in [0.717, 1.165) is 30.5 Å². The Labute approximate surface area is 127 Å². The molecule has 118 valence electrons. The minimum atomic E-state index is -2.78. The topological polar surface area (TPSA) is 59.0 Å². The fourth-order valence-corrected chi connectivity index (χ4v) is 3.03. The Bertz CT molecular complexity index is 534. The average Bonchev–Trinajstić information content (AvgIpc) is 2.94. The zero-order chi connectivity index (χ0) is 14.3. The van der Waals surface area contributed by atoms with Gasteiger partial charge >= 0.3 is 0 Å². The minimum absolute atomic E-state index is 0. The van der Waals surface area contributed by atoms with Gasteiger partial charge in [-0.15, -0.1) is 12.4 Å². The highest BCUT2D eigenvalue weighted by Gasteiger charge is 2.42. The molecule has 2 aliphatic rings. The molecule has 0 saturated carbocycles. The summed E-state index contributed by atoms with van der Waals surface area (Å²) in [5, 5.41) is 9.67. The van der Waals surface area contributed by atoms with Crippen LogP contribution in [0.15, 0.2) is 6.20 Å². The molecule has 1 aromatic rings. The monoisotopic (exact) mass is 320 g/mol. The molecule has 8 heteroatoms. The summed E-state index contributed by atoms with van der Waals surface area (Å²) in [7, 11) is 1.88. The van der Waals surface area contributed by atoms with Gasteiger partial charge in [0, 0.05) is 24.7 Å². The summed E-state index contributed by atoms with van der Waals surface area (Å²) in [6.07, 6.45) is 4.07. The molecule has 2 N–H and O–H groups in total. The maximum absolute atomic E-state index is 13.1. The summed E-state index contributed by atoms with van der Waals surface area (Å²) in [4.78, 5) is 12.1. The summed E-state index contributed by atoms with van der Waals surface area (Å²) in [5.41, 5.74) is 2.13. The molecule has 0 bridgehead atoms. The number of rotatable bonds is 2. The van der Waals surface area contributed by atoms with Crippen LogP contribution in [0.2, 0.25) is 0 Å². The minimum Gasteiger partial charge on any atom is -0.348 e. The molecule has 0 spiro atoms. The molecule has 1 amide bonds. The molecule has 3 rings (SSSR count). The number of fused-ring (bicyclic) bond motifs is 1. The quantitative estimate of drug-likeness (QED) is 0.864. The molecule has 2 atom stereocenters. The average molecular weight is 321 g/mol. The third kappa shape index (κ3) is 3.18. The number of carbonyl (C=O) groups is 1. The molecular formula is C13H19ClF2N4O. The van der Waals surface area contributed by atoms with E-state index >= 15 is 0 Å². The number of hydrogen-bond donors (Lipinski definition) is 2. The Kier molecular flexibility index (Phi) is 4.53. The van der Waals surface area contributed by atoms with Crippen LogP contribution in [0.25, 0.3) is 0 Å². The van der Waals surface area contributed by atoms with Gasteiger partial charge in [0.25, 0.3) is 5.92 Å². The third-order valence-electron chi connectivity index (χ3n) is 4.12. The van der Waals surface area contributed by atoms with Gasteiger partial charge in [-0.3, -0.25) is 14.8 Å². The maximum Gasteiger partial charge on any atom is 0.262 e. The van der Waals surface area contributed by atoms with Crippen LogP contribution in [0.3, 0.4) is 0 Å². The van der Waals surface area contributed by atoms with Crippen molar-refractivity contribution in [3.05, 3.63) is 17.5 Å². The molecule has 0 aromatic carbocycles. The van der Waals surface area contributed by atoms with E-state index < -0.39 is 24.9 Å². The van der Waals surface area contributed by atoms with Crippen molar-refractivity contribution in [1.29, 1.82) is 0 Å². The maximum atomic E-state index is 13.1. The van der Waals surface area contributed by atoms with Crippen molar-refractivity contribution in [2.24, 2.45) is 7.05 Å². The normalized spacial score (nSPS) is 26.8. The van der Waals surface area contributed by atoms with E-state index in [9.17, 15) is 13.6 Å². The van der Waals surface area contributed by atoms with E-state index in [1.54, 1.807) is 6.20 Å². The van der Waals surface area contributed by atoms with E-state index in [4.69, 9.17) is 0 Å². The van der Waals surface area contributed by atoms with Crippen molar-refractivity contribution in [3.8, 4) is 0 Å². The van der Waals surface area contributed by atoms with Crippen LogP contribution in [0.5, 0.6) is 0 Å². The zero-order valence-corrected chi connectivity index (χ0v) is 12.6. The predicted molar refractivity (Wildman–Crippen MR) is 75.6 cm³/mol. The highest BCUT2D eigenvalue weighted by Crippen LogP contribution is 2.30. The number of nitrogens with one attached hydrogen (secondary N) is 2. The highest BCUT2D eigenvalue weighted by molar-refractivity contribution is 5.85. The first kappa shape index (κ1) is 16.2. The van der Waals surface area contributed by atoms with Gasteiger partial charge in [0.2, 0.25) is 5.91 Å². The van der Waals surface area contributed by atoms with Gasteiger partial charge in [-0.25, -0.2) is 8.78 Å². The van der Waals surface area contributed by atoms with E-state index in [0.29, 0.717) is 0 Å². The van der Waals surface area contributed by atoms with Gasteiger partial charge in [0.1, 0.15) is 0 Å². The number of alkyl halides is 2. The first-order valence-electron chi connectivity index (χ1n) is 6.89. The van der Waals surface area contributed by atoms with Gasteiger partial charge in [0.15, 0.2) is 0 Å². The van der Waals surface area contributed by atoms with E-state index in [1.165, 1.54) is 0 Å². The predicted octanol–water partition coefficient (Wildman–Crippen LogP) is 1.33. The number of nitrogens with zero attached hydrogens (tertiary/aromatic N) is 2. The first-order chi connectivity index (χ1) is 9.46. The second-order valence-corrected chi connectivity index (χ2v) is 5.62. The fourth-order valence-electron chi connectivity index (χ4n) is 3.03. The largest absolute Gasteiger partial charge is 0.348 e. The molecule has 0 radical (unpaired) electrons. The second-order valence-electron chi connectivity index (χ2n) is 5.62. The fraction of sp³-hybridized carbons (Fsp3) is 0.692. The van der Waals surface area contributed by atoms with Gasteiger partial charge in [-0.05, 0) is 19.3 Å². The molecule has 21 heavy (non-hydrogen) atoms. The van der Waals surface area contributed by atoms with Crippen molar-refractivity contribution in [1.82, 2.24) is 20.4 Å². The van der Waals surface area contributed by atoms with Gasteiger partial charge < -0.3 is 5.32 Å². The van der Waals surface area contributed by atoms with E-state index in [2.05, 4.69) is 15.7 Å². The number of halogens is 3. The highest BCUT2D eigenvalue weighted by atomic mass is 35.5. The molecular weight excluding hydrogens is 302 g/mol. The standard InChI is InChI=1S/C13H18F2N4O.ClH/c1-19-11-4-2-3-9(8(11)6-17-19)18-12(20)10-5-13(14,15)7-16-10;/h6,9-10,16H,2-5,7H2,1H3,(H,18,20);1H. The van der Waals surface area contributed by atoms with Crippen molar-refractivity contribution in [2.75, 3.05) is 6.54 Å². The van der Waals surface area contributed by atoms with Gasteiger partial charge in [0.05, 0.1) is 24.8 Å². The number of hydrogen-bond acceptors (Lipinski definition) is 3. The molecule has 1 aliphatic carbocycles. The number of aryl methyl sites for hydroxylation is 1. The Hall–Kier alpha value is -1.21. The lowest BCUT2D eigenvalue weighted by molar-refractivity contribution is -0.124. The number of aromatic nitrogens is 2. The van der Waals surface area contributed by atoms with Gasteiger partial charge in [-0.1, -0.05) is 0 Å². The third-order valence-corrected chi connectivity index (χ3v) is 4.12. The molecule has 1 fully saturated rings. The molecule has 2 unspecified atom stereocenters. The lowest BCUT2D eigenvalue weighted by Gasteiger charge is -2.25. The lowest BCUT2D eigenvalue weighted by Crippen LogP contribution is -2.42. The van der Waals surface area contributed by atoms with Crippen LogP contribution in [-0.2, 0) is 18.3 Å². The van der Waals surface area contributed by atoms with E-state index in [-0.39, 0.29) is 24.4 Å². The van der Waals surface area contributed by atoms with Crippen LogP contribution in [-0.4, -0.2) is 34.2 Å². The van der Waals surface area contributed by atoms with Crippen LogP contribution < -0.4 is 10.6 Å². The first-order valence-corrected chi connectivity index (χ1v) is 6.89. The van der Waals surface area contributed by atoms with Crippen LogP contribution in [0.1, 0.15) is 36.6 Å². The van der Waals surface area contributed by atoms with Crippen molar-refractivity contribution >= 4 is 18.3 Å². The molecule has 1 aliphatic heterocycles. The Morgan fingerprint density at radius 3 is 3.00 bits per heavy atom. The Morgan fingerprint density at radius 2 is 2.33 bits per heavy atom. The van der Waals surface area contributed by atoms with Crippen molar-refractivity contribution in [3.63, 3.8) is 0 Å². The molecule has 2 heterocycles. The van der Waals surface area contributed by atoms with Crippen LogP contribution in [0.4, 0.5) is 8.78 Å². The van der Waals surface area contributed by atoms with Crippen LogP contribution in [0, 0.1) is 0 Å². The smallest absolute Gasteiger partial charge is 0.262 e. The zero-order valence-electron chi connectivity index (χ0n) is 11.7. The Balaban J connectivity index is 0.00000161. The summed E-state index contributed by atoms with van der Waals surface area (Å²) >= 11 is 0. The molecule has 5 nitrogen and oxygen atoms in total. The lowest BCUT2D eigenvalue weighted by atomic mass is 9.92. The SMILES string of the molecule is Cl.Cn1ncc2c1CCCC2NC(=O)C1CC(F)(F)CN1. The van der Waals surface area contributed by atoms with E-state index in [1.807, 2.05) is 11.7 Å². The summed E-state index contributed by atoms with van der Waals surface area (Å²) in [6, 6.07) is -0.914.